The molecule has 0 aliphatic rings. The lowest BCUT2D eigenvalue weighted by atomic mass is 10.1. The summed E-state index contributed by atoms with van der Waals surface area (Å²) in [7, 11) is 1.72. The highest BCUT2D eigenvalue weighted by Gasteiger charge is 2.13. The predicted octanol–water partition coefficient (Wildman–Crippen LogP) is 3.07. The number of nitrogens with zero attached hydrogens (tertiary/aromatic N) is 2. The van der Waals surface area contributed by atoms with Gasteiger partial charge in [-0.1, -0.05) is 29.8 Å². The Bertz CT molecular complexity index is 904. The molecular weight excluding hydrogens is 286 g/mol. The van der Waals surface area contributed by atoms with Gasteiger partial charge in [-0.25, -0.2) is 5.10 Å². The number of benzene rings is 1. The smallest absolute Gasteiger partial charge is 0.284 e. The van der Waals surface area contributed by atoms with E-state index < -0.39 is 0 Å². The van der Waals surface area contributed by atoms with Crippen molar-refractivity contribution in [2.24, 2.45) is 7.05 Å². The highest BCUT2D eigenvalue weighted by Crippen LogP contribution is 2.20. The summed E-state index contributed by atoms with van der Waals surface area (Å²) in [6, 6.07) is 11.6. The summed E-state index contributed by atoms with van der Waals surface area (Å²) >= 11 is 4.83. The summed E-state index contributed by atoms with van der Waals surface area (Å²) in [5.41, 5.74) is 3.18. The van der Waals surface area contributed by atoms with Crippen LogP contribution in [0, 0.1) is 11.8 Å². The molecule has 0 spiro atoms. The Labute approximate surface area is 125 Å². The Morgan fingerprint density at radius 2 is 1.90 bits per heavy atom. The highest BCUT2D eigenvalue weighted by molar-refractivity contribution is 7.71. The fraction of sp³-hybridized carbons (Fsp3) is 0.133. The van der Waals surface area contributed by atoms with Crippen LogP contribution < -0.4 is 5.56 Å². The molecular formula is C15H13N3O2S. The van der Waals surface area contributed by atoms with E-state index >= 15 is 0 Å². The number of aromatic nitrogens is 3. The van der Waals surface area contributed by atoms with E-state index in [9.17, 15) is 4.79 Å². The molecule has 0 saturated carbocycles. The lowest BCUT2D eigenvalue weighted by Crippen LogP contribution is -2.20. The SMILES string of the molecule is Cc1ccc(-c2ccc(-c3n[nH]c(=S)o3)c(=O)n2C)cc1. The van der Waals surface area contributed by atoms with E-state index in [4.69, 9.17) is 16.6 Å². The average Bonchev–Trinajstić information content (AvgIpc) is 2.89. The van der Waals surface area contributed by atoms with Crippen LogP contribution in [0.2, 0.25) is 0 Å². The van der Waals surface area contributed by atoms with Gasteiger partial charge >= 0.3 is 0 Å². The minimum Gasteiger partial charge on any atom is -0.409 e. The summed E-state index contributed by atoms with van der Waals surface area (Å²) < 4.78 is 6.78. The van der Waals surface area contributed by atoms with Crippen molar-refractivity contribution in [1.29, 1.82) is 0 Å². The van der Waals surface area contributed by atoms with Gasteiger partial charge in [-0.3, -0.25) is 4.79 Å². The van der Waals surface area contributed by atoms with E-state index in [2.05, 4.69) is 10.2 Å². The summed E-state index contributed by atoms with van der Waals surface area (Å²) in [5, 5.41) is 6.41. The second-order valence-electron chi connectivity index (χ2n) is 4.78. The fourth-order valence-electron chi connectivity index (χ4n) is 2.16. The van der Waals surface area contributed by atoms with E-state index in [0.29, 0.717) is 5.56 Å². The minimum atomic E-state index is -0.182. The van der Waals surface area contributed by atoms with Crippen molar-refractivity contribution in [3.05, 3.63) is 57.2 Å². The fourth-order valence-corrected chi connectivity index (χ4v) is 2.28. The molecule has 2 heterocycles. The molecule has 106 valence electrons. The number of H-pyrrole nitrogens is 1. The lowest BCUT2D eigenvalue weighted by molar-refractivity contribution is 0.550. The van der Waals surface area contributed by atoms with E-state index in [1.54, 1.807) is 17.7 Å². The Balaban J connectivity index is 2.14. The first-order valence-corrected chi connectivity index (χ1v) is 6.80. The number of rotatable bonds is 2. The maximum Gasteiger partial charge on any atom is 0.284 e. The molecule has 0 atom stereocenters. The maximum absolute atomic E-state index is 12.5. The van der Waals surface area contributed by atoms with Gasteiger partial charge in [0.15, 0.2) is 0 Å². The van der Waals surface area contributed by atoms with Crippen molar-refractivity contribution in [2.45, 2.75) is 6.92 Å². The topological polar surface area (TPSA) is 63.8 Å². The first-order chi connectivity index (χ1) is 10.1. The third kappa shape index (κ3) is 2.45. The predicted molar refractivity (Wildman–Crippen MR) is 82.5 cm³/mol. The molecule has 3 aromatic rings. The van der Waals surface area contributed by atoms with Crippen LogP contribution in [0.25, 0.3) is 22.7 Å². The molecule has 1 aromatic carbocycles. The van der Waals surface area contributed by atoms with Crippen LogP contribution >= 0.6 is 12.2 Å². The van der Waals surface area contributed by atoms with Crippen molar-refractivity contribution in [3.63, 3.8) is 0 Å². The van der Waals surface area contributed by atoms with Crippen molar-refractivity contribution >= 4 is 12.2 Å². The number of nitrogens with one attached hydrogen (secondary N) is 1. The zero-order chi connectivity index (χ0) is 15.0. The van der Waals surface area contributed by atoms with Crippen LogP contribution in [0.3, 0.4) is 0 Å². The third-order valence-corrected chi connectivity index (χ3v) is 3.49. The molecule has 3 rings (SSSR count). The number of aryl methyl sites for hydroxylation is 1. The van der Waals surface area contributed by atoms with Gasteiger partial charge in [0.25, 0.3) is 16.3 Å². The molecule has 2 aromatic heterocycles. The minimum absolute atomic E-state index is 0.148. The molecule has 6 heteroatoms. The van der Waals surface area contributed by atoms with Crippen LogP contribution in [-0.2, 0) is 7.05 Å². The molecule has 0 fully saturated rings. The van der Waals surface area contributed by atoms with Crippen LogP contribution in [0.1, 0.15) is 5.56 Å². The van der Waals surface area contributed by atoms with Crippen LogP contribution in [-0.4, -0.2) is 14.8 Å². The first-order valence-electron chi connectivity index (χ1n) is 6.39. The van der Waals surface area contributed by atoms with E-state index in [1.165, 1.54) is 5.56 Å². The van der Waals surface area contributed by atoms with Gasteiger partial charge in [0.05, 0.1) is 5.69 Å². The quantitative estimate of drug-likeness (QED) is 0.739. The molecule has 0 radical (unpaired) electrons. The molecule has 0 aliphatic carbocycles. The summed E-state index contributed by atoms with van der Waals surface area (Å²) in [4.78, 5) is 12.6. The van der Waals surface area contributed by atoms with Crippen LogP contribution in [0.4, 0.5) is 0 Å². The standard InChI is InChI=1S/C15H13N3O2S/c1-9-3-5-10(6-4-9)12-8-7-11(14(19)18(12)2)13-16-17-15(21)20-13/h3-8H,1-2H3,(H,17,21). The van der Waals surface area contributed by atoms with Gasteiger partial charge in [0.2, 0.25) is 0 Å². The number of hydrogen-bond donors (Lipinski definition) is 1. The zero-order valence-corrected chi connectivity index (χ0v) is 12.4. The Morgan fingerprint density at radius 3 is 2.52 bits per heavy atom. The summed E-state index contributed by atoms with van der Waals surface area (Å²) in [5.74, 6) is 0.205. The third-order valence-electron chi connectivity index (χ3n) is 3.32. The monoisotopic (exact) mass is 299 g/mol. The van der Waals surface area contributed by atoms with Gasteiger partial charge in [0, 0.05) is 7.05 Å². The number of pyridine rings is 1. The molecule has 0 amide bonds. The van der Waals surface area contributed by atoms with Crippen molar-refractivity contribution in [3.8, 4) is 22.7 Å². The van der Waals surface area contributed by atoms with Gasteiger partial charge in [0.1, 0.15) is 5.56 Å². The lowest BCUT2D eigenvalue weighted by Gasteiger charge is -2.09. The second-order valence-corrected chi connectivity index (χ2v) is 5.15. The first kappa shape index (κ1) is 13.5. The van der Waals surface area contributed by atoms with Crippen molar-refractivity contribution in [1.82, 2.24) is 14.8 Å². The van der Waals surface area contributed by atoms with E-state index in [-0.39, 0.29) is 16.3 Å². The number of aromatic amines is 1. The van der Waals surface area contributed by atoms with Crippen LogP contribution in [0.15, 0.2) is 45.6 Å². The summed E-state index contributed by atoms with van der Waals surface area (Å²) in [6.07, 6.45) is 0. The molecule has 1 N–H and O–H groups in total. The van der Waals surface area contributed by atoms with E-state index in [1.807, 2.05) is 37.3 Å². The Hall–Kier alpha value is -2.47. The second kappa shape index (κ2) is 5.14. The molecule has 0 unspecified atom stereocenters. The Morgan fingerprint density at radius 1 is 1.19 bits per heavy atom. The average molecular weight is 299 g/mol. The van der Waals surface area contributed by atoms with Crippen LogP contribution in [0.5, 0.6) is 0 Å². The summed E-state index contributed by atoms with van der Waals surface area (Å²) in [6.45, 7) is 2.03. The Kier molecular flexibility index (Phi) is 3.31. The maximum atomic E-state index is 12.5. The molecule has 0 bridgehead atoms. The molecule has 0 saturated heterocycles. The van der Waals surface area contributed by atoms with Gasteiger partial charge in [-0.2, -0.15) is 0 Å². The molecule has 0 aliphatic heterocycles. The normalized spacial score (nSPS) is 10.8. The number of hydrogen-bond acceptors (Lipinski definition) is 4. The zero-order valence-electron chi connectivity index (χ0n) is 11.6. The van der Waals surface area contributed by atoms with Crippen molar-refractivity contribution < 1.29 is 4.42 Å². The van der Waals surface area contributed by atoms with E-state index in [0.717, 1.165) is 11.3 Å². The molecule has 5 nitrogen and oxygen atoms in total. The largest absolute Gasteiger partial charge is 0.409 e. The van der Waals surface area contributed by atoms with Crippen molar-refractivity contribution in [2.75, 3.05) is 0 Å². The molecule has 21 heavy (non-hydrogen) atoms. The highest BCUT2D eigenvalue weighted by atomic mass is 32.1. The van der Waals surface area contributed by atoms with Gasteiger partial charge in [-0.05, 0) is 36.8 Å². The van der Waals surface area contributed by atoms with Gasteiger partial charge in [-0.15, -0.1) is 5.10 Å². The van der Waals surface area contributed by atoms with Gasteiger partial charge < -0.3 is 8.98 Å².